The monoisotopic (exact) mass is 369 g/mol. The van der Waals surface area contributed by atoms with E-state index < -0.39 is 0 Å². The number of hydrogen-bond donors (Lipinski definition) is 2. The lowest BCUT2D eigenvalue weighted by Crippen LogP contribution is -2.45. The third-order valence-corrected chi connectivity index (χ3v) is 5.50. The van der Waals surface area contributed by atoms with Crippen molar-refractivity contribution in [3.63, 3.8) is 0 Å². The first kappa shape index (κ1) is 19.1. The molecular formula is C21H27N3O3. The summed E-state index contributed by atoms with van der Waals surface area (Å²) in [7, 11) is 0. The highest BCUT2D eigenvalue weighted by Crippen LogP contribution is 2.22. The molecule has 1 aromatic heterocycles. The summed E-state index contributed by atoms with van der Waals surface area (Å²) >= 11 is 0. The number of aromatic amines is 1. The first-order valence-corrected chi connectivity index (χ1v) is 9.58. The lowest BCUT2D eigenvalue weighted by atomic mass is 9.94. The number of carbonyl (C=O) groups is 2. The van der Waals surface area contributed by atoms with Crippen LogP contribution in [0.5, 0.6) is 0 Å². The second-order valence-corrected chi connectivity index (χ2v) is 7.70. The van der Waals surface area contributed by atoms with Crippen molar-refractivity contribution in [3.05, 3.63) is 46.2 Å². The van der Waals surface area contributed by atoms with Gasteiger partial charge in [-0.1, -0.05) is 32.0 Å². The van der Waals surface area contributed by atoms with Gasteiger partial charge in [0, 0.05) is 42.0 Å². The summed E-state index contributed by atoms with van der Waals surface area (Å²) in [6.07, 6.45) is 1.28. The van der Waals surface area contributed by atoms with E-state index in [1.807, 2.05) is 25.1 Å². The fourth-order valence-electron chi connectivity index (χ4n) is 3.41. The molecule has 0 saturated carbocycles. The zero-order valence-electron chi connectivity index (χ0n) is 16.1. The van der Waals surface area contributed by atoms with Crippen LogP contribution in [-0.4, -0.2) is 40.8 Å². The maximum atomic E-state index is 13.0. The Bertz CT molecular complexity index is 895. The van der Waals surface area contributed by atoms with Crippen LogP contribution in [0, 0.1) is 11.8 Å². The van der Waals surface area contributed by atoms with E-state index in [9.17, 15) is 14.4 Å². The number of amides is 2. The van der Waals surface area contributed by atoms with Crippen LogP contribution in [0.25, 0.3) is 10.9 Å². The smallest absolute Gasteiger partial charge is 0.254 e. The first-order valence-electron chi connectivity index (χ1n) is 9.58. The number of likely N-dealkylation sites (tertiary alicyclic amines) is 1. The van der Waals surface area contributed by atoms with Gasteiger partial charge < -0.3 is 15.2 Å². The molecule has 2 heterocycles. The number of aromatic nitrogens is 1. The largest absolute Gasteiger partial charge is 0.353 e. The topological polar surface area (TPSA) is 82.3 Å². The van der Waals surface area contributed by atoms with Crippen LogP contribution in [0.3, 0.4) is 0 Å². The Labute approximate surface area is 159 Å². The lowest BCUT2D eigenvalue weighted by Gasteiger charge is -2.32. The van der Waals surface area contributed by atoms with Gasteiger partial charge in [-0.2, -0.15) is 0 Å². The summed E-state index contributed by atoms with van der Waals surface area (Å²) in [5.41, 5.74) is 0.796. The van der Waals surface area contributed by atoms with E-state index in [-0.39, 0.29) is 29.3 Å². The van der Waals surface area contributed by atoms with Gasteiger partial charge in [-0.15, -0.1) is 0 Å². The third-order valence-electron chi connectivity index (χ3n) is 5.50. The number of hydrogen-bond acceptors (Lipinski definition) is 3. The summed E-state index contributed by atoms with van der Waals surface area (Å²) in [5, 5.41) is 3.81. The highest BCUT2D eigenvalue weighted by Gasteiger charge is 2.29. The molecule has 144 valence electrons. The molecule has 1 unspecified atom stereocenters. The van der Waals surface area contributed by atoms with Crippen LogP contribution in [0.2, 0.25) is 0 Å². The Morgan fingerprint density at radius 3 is 2.48 bits per heavy atom. The minimum absolute atomic E-state index is 0.0637. The molecule has 2 amide bonds. The van der Waals surface area contributed by atoms with Gasteiger partial charge in [-0.3, -0.25) is 14.4 Å². The van der Waals surface area contributed by atoms with Crippen molar-refractivity contribution in [2.24, 2.45) is 11.8 Å². The van der Waals surface area contributed by atoms with Crippen LogP contribution in [0.1, 0.15) is 44.0 Å². The molecule has 6 heteroatoms. The number of para-hydroxylation sites is 1. The zero-order chi connectivity index (χ0) is 19.6. The fraction of sp³-hybridized carbons (Fsp3) is 0.476. The Kier molecular flexibility index (Phi) is 5.63. The number of nitrogens with zero attached hydrogens (tertiary/aromatic N) is 1. The Balaban J connectivity index is 1.69. The van der Waals surface area contributed by atoms with Gasteiger partial charge in [-0.25, -0.2) is 0 Å². The predicted molar refractivity (Wildman–Crippen MR) is 106 cm³/mol. The molecule has 0 radical (unpaired) electrons. The van der Waals surface area contributed by atoms with E-state index in [0.29, 0.717) is 42.9 Å². The van der Waals surface area contributed by atoms with Gasteiger partial charge >= 0.3 is 0 Å². The lowest BCUT2D eigenvalue weighted by molar-refractivity contribution is -0.127. The molecule has 2 N–H and O–H groups in total. The quantitative estimate of drug-likeness (QED) is 0.869. The maximum absolute atomic E-state index is 13.0. The van der Waals surface area contributed by atoms with Gasteiger partial charge in [0.1, 0.15) is 0 Å². The molecule has 1 fully saturated rings. The highest BCUT2D eigenvalue weighted by molar-refractivity contribution is 6.06. The number of rotatable bonds is 4. The van der Waals surface area contributed by atoms with Crippen molar-refractivity contribution >= 4 is 22.7 Å². The minimum Gasteiger partial charge on any atom is -0.353 e. The normalized spacial score (nSPS) is 16.5. The van der Waals surface area contributed by atoms with Crippen molar-refractivity contribution in [3.8, 4) is 0 Å². The van der Waals surface area contributed by atoms with Crippen LogP contribution < -0.4 is 10.9 Å². The number of pyridine rings is 1. The average Bonchev–Trinajstić information content (AvgIpc) is 2.66. The second-order valence-electron chi connectivity index (χ2n) is 7.70. The standard InChI is InChI=1S/C21H27N3O3/c1-13(2)14(3)22-20(26)15-8-10-24(11-9-15)21(27)17-12-19(25)23-18-7-5-4-6-16(17)18/h4-7,12-15H,8-11H2,1-3H3,(H,22,26)(H,23,25). The van der Waals surface area contributed by atoms with E-state index in [1.54, 1.807) is 11.0 Å². The molecule has 0 aliphatic carbocycles. The number of fused-ring (bicyclic) bond motifs is 1. The van der Waals surface area contributed by atoms with E-state index in [1.165, 1.54) is 6.07 Å². The van der Waals surface area contributed by atoms with Crippen LogP contribution in [0.15, 0.2) is 35.1 Å². The Hall–Kier alpha value is -2.63. The minimum atomic E-state index is -0.283. The molecule has 1 saturated heterocycles. The number of benzene rings is 1. The number of piperidine rings is 1. The summed E-state index contributed by atoms with van der Waals surface area (Å²) in [6.45, 7) is 7.22. The molecule has 2 aromatic rings. The molecule has 6 nitrogen and oxygen atoms in total. The predicted octanol–water partition coefficient (Wildman–Crippen LogP) is 2.54. The molecule has 27 heavy (non-hydrogen) atoms. The molecule has 1 aromatic carbocycles. The van der Waals surface area contributed by atoms with E-state index in [0.717, 1.165) is 5.39 Å². The molecular weight excluding hydrogens is 342 g/mol. The maximum Gasteiger partial charge on any atom is 0.254 e. The summed E-state index contributed by atoms with van der Waals surface area (Å²) < 4.78 is 0. The Morgan fingerprint density at radius 1 is 1.15 bits per heavy atom. The molecule has 3 rings (SSSR count). The average molecular weight is 369 g/mol. The van der Waals surface area contributed by atoms with Gasteiger partial charge in [-0.05, 0) is 31.7 Å². The summed E-state index contributed by atoms with van der Waals surface area (Å²) in [4.78, 5) is 41.8. The van der Waals surface area contributed by atoms with Crippen molar-refractivity contribution in [2.45, 2.75) is 39.7 Å². The van der Waals surface area contributed by atoms with Crippen molar-refractivity contribution in [1.29, 1.82) is 0 Å². The van der Waals surface area contributed by atoms with Gasteiger partial charge in [0.15, 0.2) is 0 Å². The van der Waals surface area contributed by atoms with Gasteiger partial charge in [0.05, 0.1) is 5.56 Å². The summed E-state index contributed by atoms with van der Waals surface area (Å²) in [5.74, 6) is 0.253. The number of carbonyl (C=O) groups excluding carboxylic acids is 2. The van der Waals surface area contributed by atoms with Crippen LogP contribution >= 0.6 is 0 Å². The van der Waals surface area contributed by atoms with Crippen LogP contribution in [-0.2, 0) is 4.79 Å². The van der Waals surface area contributed by atoms with Gasteiger partial charge in [0.25, 0.3) is 5.91 Å². The molecule has 0 bridgehead atoms. The summed E-state index contributed by atoms with van der Waals surface area (Å²) in [6, 6.07) is 8.82. The molecule has 1 aliphatic rings. The van der Waals surface area contributed by atoms with Crippen molar-refractivity contribution in [2.75, 3.05) is 13.1 Å². The van der Waals surface area contributed by atoms with Crippen molar-refractivity contribution < 1.29 is 9.59 Å². The van der Waals surface area contributed by atoms with E-state index in [2.05, 4.69) is 24.1 Å². The molecule has 1 atom stereocenters. The van der Waals surface area contributed by atoms with Gasteiger partial charge in [0.2, 0.25) is 11.5 Å². The van der Waals surface area contributed by atoms with E-state index >= 15 is 0 Å². The Morgan fingerprint density at radius 2 is 1.81 bits per heavy atom. The third kappa shape index (κ3) is 4.21. The highest BCUT2D eigenvalue weighted by atomic mass is 16.2. The van der Waals surface area contributed by atoms with Crippen molar-refractivity contribution in [1.82, 2.24) is 15.2 Å². The molecule has 1 aliphatic heterocycles. The molecule has 0 spiro atoms. The van der Waals surface area contributed by atoms with E-state index in [4.69, 9.17) is 0 Å². The zero-order valence-corrected chi connectivity index (χ0v) is 16.1. The number of nitrogens with one attached hydrogen (secondary N) is 2. The SMILES string of the molecule is CC(C)C(C)NC(=O)C1CCN(C(=O)c2cc(=O)[nH]c3ccccc23)CC1. The fourth-order valence-corrected chi connectivity index (χ4v) is 3.41. The van der Waals surface area contributed by atoms with Crippen LogP contribution in [0.4, 0.5) is 0 Å². The number of H-pyrrole nitrogens is 1. The second kappa shape index (κ2) is 7.94. The first-order chi connectivity index (χ1) is 12.9.